The van der Waals surface area contributed by atoms with E-state index in [1.165, 1.54) is 4.88 Å². The number of nitrogens with zero attached hydrogens (tertiary/aromatic N) is 2. The number of amides is 1. The minimum atomic E-state index is -0.159. The number of nitrogens with one attached hydrogen (secondary N) is 2. The fourth-order valence-electron chi connectivity index (χ4n) is 3.27. The van der Waals surface area contributed by atoms with Crippen LogP contribution in [0.1, 0.15) is 34.8 Å². The van der Waals surface area contributed by atoms with Gasteiger partial charge in [-0.1, -0.05) is 11.6 Å². The predicted molar refractivity (Wildman–Crippen MR) is 103 cm³/mol. The minimum absolute atomic E-state index is 0.0949. The van der Waals surface area contributed by atoms with Gasteiger partial charge in [0.1, 0.15) is 15.8 Å². The quantitative estimate of drug-likeness (QED) is 0.670. The fraction of sp³-hybridized carbons (Fsp3) is 0.333. The van der Waals surface area contributed by atoms with Gasteiger partial charge in [-0.15, -0.1) is 11.3 Å². The predicted octanol–water partition coefficient (Wildman–Crippen LogP) is 3.40. The Morgan fingerprint density at radius 3 is 3.00 bits per heavy atom. The number of halogens is 1. The lowest BCUT2D eigenvalue weighted by atomic mass is 10.2. The highest BCUT2D eigenvalue weighted by molar-refractivity contribution is 7.18. The van der Waals surface area contributed by atoms with E-state index in [9.17, 15) is 9.59 Å². The van der Waals surface area contributed by atoms with Crippen molar-refractivity contribution >= 4 is 44.7 Å². The molecule has 3 aromatic heterocycles. The summed E-state index contributed by atoms with van der Waals surface area (Å²) in [5.41, 5.74) is 2.36. The fourth-order valence-corrected chi connectivity index (χ4v) is 4.74. The summed E-state index contributed by atoms with van der Waals surface area (Å²) in [6.07, 6.45) is 3.69. The first-order valence-electron chi connectivity index (χ1n) is 8.47. The van der Waals surface area contributed by atoms with E-state index >= 15 is 0 Å². The molecule has 26 heavy (non-hydrogen) atoms. The van der Waals surface area contributed by atoms with E-state index in [1.54, 1.807) is 30.4 Å². The number of carbonyl (C=O) groups is 1. The Bertz CT molecular complexity index is 1070. The lowest BCUT2D eigenvalue weighted by molar-refractivity contribution is -0.116. The number of aryl methyl sites for hydroxylation is 4. The molecular formula is C18H17ClN4O2S. The minimum Gasteiger partial charge on any atom is -0.324 e. The Hall–Kier alpha value is -2.25. The number of hydrogen-bond acceptors (Lipinski definition) is 5. The van der Waals surface area contributed by atoms with Gasteiger partial charge in [0.15, 0.2) is 0 Å². The number of pyridine rings is 1. The van der Waals surface area contributed by atoms with E-state index in [1.807, 2.05) is 0 Å². The molecule has 0 atom stereocenters. The molecule has 3 heterocycles. The van der Waals surface area contributed by atoms with Crippen LogP contribution in [0.4, 0.5) is 5.69 Å². The maximum absolute atomic E-state index is 12.4. The maximum atomic E-state index is 12.4. The molecule has 8 heteroatoms. The zero-order valence-corrected chi connectivity index (χ0v) is 15.8. The highest BCUT2D eigenvalue weighted by Gasteiger charge is 2.21. The molecule has 6 nitrogen and oxygen atoms in total. The highest BCUT2D eigenvalue weighted by Crippen LogP contribution is 2.34. The van der Waals surface area contributed by atoms with Crippen molar-refractivity contribution in [1.82, 2.24) is 15.0 Å². The Balaban J connectivity index is 1.47. The Kier molecular flexibility index (Phi) is 4.50. The number of aromatic nitrogens is 3. The van der Waals surface area contributed by atoms with Gasteiger partial charge in [-0.25, -0.2) is 9.97 Å². The molecular weight excluding hydrogens is 372 g/mol. The molecule has 1 aliphatic carbocycles. The van der Waals surface area contributed by atoms with Gasteiger partial charge in [0.25, 0.3) is 5.56 Å². The van der Waals surface area contributed by atoms with Crippen molar-refractivity contribution in [3.8, 4) is 0 Å². The molecule has 0 aromatic carbocycles. The molecule has 4 rings (SSSR count). The zero-order chi connectivity index (χ0) is 18.3. The van der Waals surface area contributed by atoms with Crippen molar-refractivity contribution in [2.75, 3.05) is 5.32 Å². The summed E-state index contributed by atoms with van der Waals surface area (Å²) >= 11 is 7.42. The molecule has 0 aliphatic heterocycles. The Labute approximate surface area is 158 Å². The number of thiophene rings is 1. The van der Waals surface area contributed by atoms with E-state index in [0.717, 1.165) is 35.0 Å². The van der Waals surface area contributed by atoms with E-state index < -0.39 is 0 Å². The molecule has 0 fully saturated rings. The number of anilines is 1. The van der Waals surface area contributed by atoms with Gasteiger partial charge in [-0.05, 0) is 43.9 Å². The van der Waals surface area contributed by atoms with Gasteiger partial charge in [-0.3, -0.25) is 9.59 Å². The van der Waals surface area contributed by atoms with Crippen LogP contribution < -0.4 is 10.9 Å². The highest BCUT2D eigenvalue weighted by atomic mass is 35.5. The maximum Gasteiger partial charge on any atom is 0.259 e. The summed E-state index contributed by atoms with van der Waals surface area (Å²) in [6.45, 7) is 1.78. The van der Waals surface area contributed by atoms with Crippen LogP contribution >= 0.6 is 22.9 Å². The average Bonchev–Trinajstić information content (AvgIpc) is 3.16. The van der Waals surface area contributed by atoms with Crippen LogP contribution in [0.5, 0.6) is 0 Å². The van der Waals surface area contributed by atoms with Crippen LogP contribution in [-0.4, -0.2) is 20.9 Å². The van der Waals surface area contributed by atoms with Crippen LogP contribution in [0, 0.1) is 6.92 Å². The van der Waals surface area contributed by atoms with Crippen molar-refractivity contribution in [1.29, 1.82) is 0 Å². The van der Waals surface area contributed by atoms with Crippen LogP contribution in [0.2, 0.25) is 5.15 Å². The molecule has 2 N–H and O–H groups in total. The van der Waals surface area contributed by atoms with Crippen molar-refractivity contribution < 1.29 is 4.79 Å². The number of carbonyl (C=O) groups excluding carboxylic acids is 1. The molecule has 0 radical (unpaired) electrons. The molecule has 1 aliphatic rings. The summed E-state index contributed by atoms with van der Waals surface area (Å²) in [7, 11) is 0. The van der Waals surface area contributed by atoms with E-state index in [0.29, 0.717) is 28.8 Å². The molecule has 1 amide bonds. The van der Waals surface area contributed by atoms with Crippen LogP contribution in [0.15, 0.2) is 16.9 Å². The summed E-state index contributed by atoms with van der Waals surface area (Å²) in [5, 5.41) is 3.94. The monoisotopic (exact) mass is 388 g/mol. The van der Waals surface area contributed by atoms with E-state index in [2.05, 4.69) is 20.3 Å². The van der Waals surface area contributed by atoms with Crippen LogP contribution in [0.3, 0.4) is 0 Å². The summed E-state index contributed by atoms with van der Waals surface area (Å²) in [4.78, 5) is 38.2. The number of fused-ring (bicyclic) bond motifs is 3. The first-order valence-corrected chi connectivity index (χ1v) is 9.67. The van der Waals surface area contributed by atoms with Crippen molar-refractivity contribution in [3.05, 3.63) is 49.6 Å². The molecule has 0 saturated heterocycles. The molecule has 0 saturated carbocycles. The largest absolute Gasteiger partial charge is 0.324 e. The zero-order valence-electron chi connectivity index (χ0n) is 14.2. The third-order valence-corrected chi connectivity index (χ3v) is 5.94. The number of H-pyrrole nitrogens is 1. The van der Waals surface area contributed by atoms with Crippen molar-refractivity contribution in [3.63, 3.8) is 0 Å². The normalized spacial score (nSPS) is 13.2. The van der Waals surface area contributed by atoms with Gasteiger partial charge >= 0.3 is 0 Å². The molecule has 0 bridgehead atoms. The summed E-state index contributed by atoms with van der Waals surface area (Å²) in [5.74, 6) is 0.386. The topological polar surface area (TPSA) is 87.7 Å². The molecule has 0 unspecified atom stereocenters. The SMILES string of the molecule is Cc1nc(Cl)ccc1NC(=O)CCc1nc2sc3c(c2c(=O)[nH]1)CCC3. The number of aromatic amines is 1. The Morgan fingerprint density at radius 1 is 1.35 bits per heavy atom. The molecule has 0 spiro atoms. The van der Waals surface area contributed by atoms with Gasteiger partial charge in [-0.2, -0.15) is 0 Å². The summed E-state index contributed by atoms with van der Waals surface area (Å²) < 4.78 is 0. The van der Waals surface area contributed by atoms with E-state index in [4.69, 9.17) is 11.6 Å². The third kappa shape index (κ3) is 3.24. The van der Waals surface area contributed by atoms with Gasteiger partial charge in [0, 0.05) is 17.7 Å². The second-order valence-electron chi connectivity index (χ2n) is 6.37. The van der Waals surface area contributed by atoms with E-state index in [-0.39, 0.29) is 17.9 Å². The van der Waals surface area contributed by atoms with Crippen molar-refractivity contribution in [2.24, 2.45) is 0 Å². The van der Waals surface area contributed by atoms with Crippen LogP contribution in [-0.2, 0) is 24.1 Å². The lowest BCUT2D eigenvalue weighted by Gasteiger charge is -2.08. The van der Waals surface area contributed by atoms with Gasteiger partial charge in [0.05, 0.1) is 16.8 Å². The standard InChI is InChI=1S/C18H17ClN4O2S/c1-9-11(5-6-13(19)20-9)21-15(24)8-7-14-22-17(25)16-10-3-2-4-12(10)26-18(16)23-14/h5-6H,2-4,7-8H2,1H3,(H,21,24)(H,22,23,25). The molecule has 134 valence electrons. The second kappa shape index (κ2) is 6.81. The Morgan fingerprint density at radius 2 is 2.19 bits per heavy atom. The number of hydrogen-bond donors (Lipinski definition) is 2. The van der Waals surface area contributed by atoms with Gasteiger partial charge in [0.2, 0.25) is 5.91 Å². The smallest absolute Gasteiger partial charge is 0.259 e. The second-order valence-corrected chi connectivity index (χ2v) is 7.84. The summed E-state index contributed by atoms with van der Waals surface area (Å²) in [6, 6.07) is 3.36. The average molecular weight is 389 g/mol. The first kappa shape index (κ1) is 17.2. The third-order valence-electron chi connectivity index (χ3n) is 4.54. The molecule has 3 aromatic rings. The first-order chi connectivity index (χ1) is 12.5. The van der Waals surface area contributed by atoms with Crippen molar-refractivity contribution in [2.45, 2.75) is 39.0 Å². The number of rotatable bonds is 4. The lowest BCUT2D eigenvalue weighted by Crippen LogP contribution is -2.16. The van der Waals surface area contributed by atoms with Crippen LogP contribution in [0.25, 0.3) is 10.2 Å². The van der Waals surface area contributed by atoms with Gasteiger partial charge < -0.3 is 10.3 Å².